The van der Waals surface area contributed by atoms with Crippen molar-refractivity contribution in [3.63, 3.8) is 0 Å². The van der Waals surface area contributed by atoms with Gasteiger partial charge in [0.15, 0.2) is 0 Å². The highest BCUT2D eigenvalue weighted by Crippen LogP contribution is 2.11. The lowest BCUT2D eigenvalue weighted by Gasteiger charge is -2.33. The average molecular weight is 266 g/mol. The van der Waals surface area contributed by atoms with E-state index < -0.39 is 0 Å². The first-order chi connectivity index (χ1) is 9.13. The Balaban J connectivity index is 1.83. The number of ether oxygens (including phenoxy) is 1. The first-order valence-electron chi connectivity index (χ1n) is 6.46. The third-order valence-electron chi connectivity index (χ3n) is 3.12. The second-order valence-electron chi connectivity index (χ2n) is 4.79. The monoisotopic (exact) mass is 266 g/mol. The van der Waals surface area contributed by atoms with Gasteiger partial charge >= 0.3 is 0 Å². The molecule has 1 aromatic carbocycles. The largest absolute Gasteiger partial charge is 0.374 e. The molecule has 5 heteroatoms. The second-order valence-corrected chi connectivity index (χ2v) is 4.79. The normalized spacial score (nSPS) is 20.2. The van der Waals surface area contributed by atoms with Crippen LogP contribution in [0, 0.1) is 5.82 Å². The number of amides is 1. The molecule has 1 aliphatic rings. The fourth-order valence-corrected chi connectivity index (χ4v) is 2.15. The number of morpholine rings is 1. The first-order valence-corrected chi connectivity index (χ1v) is 6.46. The Bertz CT molecular complexity index is 422. The van der Waals surface area contributed by atoms with Gasteiger partial charge in [-0.3, -0.25) is 9.69 Å². The van der Waals surface area contributed by atoms with Crippen molar-refractivity contribution in [2.75, 3.05) is 26.2 Å². The zero-order valence-corrected chi connectivity index (χ0v) is 11.1. The number of carbonyl (C=O) groups excluding carboxylic acids is 1. The minimum atomic E-state index is -0.214. The van der Waals surface area contributed by atoms with Crippen molar-refractivity contribution in [3.05, 3.63) is 35.6 Å². The number of nitrogens with one attached hydrogen (secondary N) is 1. The Kier molecular flexibility index (Phi) is 4.87. The molecular weight excluding hydrogens is 247 g/mol. The standard InChI is InChI=1S/C14H19FN2O2/c1-11(18)16-8-14-10-17(6-7-19-14)9-12-2-4-13(15)5-3-12/h2-5,14H,6-10H2,1H3,(H,16,18)/t14-/m0/s1. The van der Waals surface area contributed by atoms with E-state index in [0.29, 0.717) is 13.2 Å². The van der Waals surface area contributed by atoms with Crippen LogP contribution in [0.5, 0.6) is 0 Å². The Morgan fingerprint density at radius 2 is 2.21 bits per heavy atom. The van der Waals surface area contributed by atoms with Gasteiger partial charge in [-0.15, -0.1) is 0 Å². The molecule has 1 amide bonds. The van der Waals surface area contributed by atoms with E-state index in [-0.39, 0.29) is 17.8 Å². The van der Waals surface area contributed by atoms with Crippen LogP contribution in [0.3, 0.4) is 0 Å². The maximum absolute atomic E-state index is 12.8. The zero-order chi connectivity index (χ0) is 13.7. The van der Waals surface area contributed by atoms with E-state index in [1.165, 1.54) is 19.1 Å². The summed E-state index contributed by atoms with van der Waals surface area (Å²) in [6.07, 6.45) is 0.0260. The van der Waals surface area contributed by atoms with Crippen molar-refractivity contribution in [1.82, 2.24) is 10.2 Å². The van der Waals surface area contributed by atoms with E-state index >= 15 is 0 Å². The van der Waals surface area contributed by atoms with Crippen molar-refractivity contribution in [2.45, 2.75) is 19.6 Å². The Labute approximate surface area is 112 Å². The number of hydrogen-bond donors (Lipinski definition) is 1. The summed E-state index contributed by atoms with van der Waals surface area (Å²) in [5, 5.41) is 2.77. The maximum atomic E-state index is 12.8. The van der Waals surface area contributed by atoms with E-state index in [1.807, 2.05) is 0 Å². The molecule has 1 aromatic rings. The van der Waals surface area contributed by atoms with Crippen LogP contribution in [0.1, 0.15) is 12.5 Å². The highest BCUT2D eigenvalue weighted by atomic mass is 19.1. The highest BCUT2D eigenvalue weighted by molar-refractivity contribution is 5.72. The quantitative estimate of drug-likeness (QED) is 0.889. The molecule has 1 N–H and O–H groups in total. The third kappa shape index (κ3) is 4.61. The Morgan fingerprint density at radius 3 is 2.89 bits per heavy atom. The fourth-order valence-electron chi connectivity index (χ4n) is 2.15. The van der Waals surface area contributed by atoms with Crippen LogP contribution in [-0.2, 0) is 16.1 Å². The van der Waals surface area contributed by atoms with Crippen LogP contribution < -0.4 is 5.32 Å². The van der Waals surface area contributed by atoms with Gasteiger partial charge in [-0.2, -0.15) is 0 Å². The molecule has 4 nitrogen and oxygen atoms in total. The van der Waals surface area contributed by atoms with Gasteiger partial charge in [-0.1, -0.05) is 12.1 Å². The lowest BCUT2D eigenvalue weighted by Crippen LogP contribution is -2.46. The summed E-state index contributed by atoms with van der Waals surface area (Å²) in [7, 11) is 0. The van der Waals surface area contributed by atoms with Gasteiger partial charge in [0.1, 0.15) is 5.82 Å². The van der Waals surface area contributed by atoms with Crippen molar-refractivity contribution >= 4 is 5.91 Å². The van der Waals surface area contributed by atoms with Crippen molar-refractivity contribution < 1.29 is 13.9 Å². The van der Waals surface area contributed by atoms with Gasteiger partial charge in [0.05, 0.1) is 12.7 Å². The van der Waals surface area contributed by atoms with E-state index in [0.717, 1.165) is 25.2 Å². The molecule has 1 fully saturated rings. The van der Waals surface area contributed by atoms with E-state index in [1.54, 1.807) is 12.1 Å². The van der Waals surface area contributed by atoms with Crippen LogP contribution in [-0.4, -0.2) is 43.2 Å². The van der Waals surface area contributed by atoms with Crippen molar-refractivity contribution in [3.8, 4) is 0 Å². The highest BCUT2D eigenvalue weighted by Gasteiger charge is 2.20. The number of nitrogens with zero attached hydrogens (tertiary/aromatic N) is 1. The lowest BCUT2D eigenvalue weighted by atomic mass is 10.2. The van der Waals surface area contributed by atoms with Gasteiger partial charge in [0, 0.05) is 33.1 Å². The van der Waals surface area contributed by atoms with E-state index in [9.17, 15) is 9.18 Å². The van der Waals surface area contributed by atoms with Crippen LogP contribution in [0.2, 0.25) is 0 Å². The molecule has 104 valence electrons. The number of benzene rings is 1. The SMILES string of the molecule is CC(=O)NC[C@H]1CN(Cc2ccc(F)cc2)CCO1. The maximum Gasteiger partial charge on any atom is 0.216 e. The summed E-state index contributed by atoms with van der Waals surface area (Å²) < 4.78 is 18.4. The lowest BCUT2D eigenvalue weighted by molar-refractivity contribution is -0.120. The number of halogens is 1. The topological polar surface area (TPSA) is 41.6 Å². The molecule has 1 saturated heterocycles. The molecule has 0 unspecified atom stereocenters. The Morgan fingerprint density at radius 1 is 1.47 bits per heavy atom. The first kappa shape index (κ1) is 14.0. The van der Waals surface area contributed by atoms with E-state index in [4.69, 9.17) is 4.74 Å². The summed E-state index contributed by atoms with van der Waals surface area (Å²) in [6.45, 7) is 5.10. The average Bonchev–Trinajstić information content (AvgIpc) is 2.40. The van der Waals surface area contributed by atoms with Crippen molar-refractivity contribution in [1.29, 1.82) is 0 Å². The smallest absolute Gasteiger partial charge is 0.216 e. The fraction of sp³-hybridized carbons (Fsp3) is 0.500. The molecule has 1 aliphatic heterocycles. The summed E-state index contributed by atoms with van der Waals surface area (Å²) >= 11 is 0. The molecule has 0 aromatic heterocycles. The van der Waals surface area contributed by atoms with Crippen molar-refractivity contribution in [2.24, 2.45) is 0 Å². The number of hydrogen-bond acceptors (Lipinski definition) is 3. The van der Waals surface area contributed by atoms with Gasteiger partial charge in [0.25, 0.3) is 0 Å². The summed E-state index contributed by atoms with van der Waals surface area (Å²) in [4.78, 5) is 13.1. The molecule has 1 heterocycles. The van der Waals surface area contributed by atoms with Crippen LogP contribution in [0.15, 0.2) is 24.3 Å². The predicted molar refractivity (Wildman–Crippen MR) is 70.1 cm³/mol. The molecule has 0 spiro atoms. The molecule has 2 rings (SSSR count). The summed E-state index contributed by atoms with van der Waals surface area (Å²) in [6, 6.07) is 6.55. The third-order valence-corrected chi connectivity index (χ3v) is 3.12. The Hall–Kier alpha value is -1.46. The van der Waals surface area contributed by atoms with Gasteiger partial charge in [-0.05, 0) is 17.7 Å². The predicted octanol–water partition coefficient (Wildman–Crippen LogP) is 1.16. The summed E-state index contributed by atoms with van der Waals surface area (Å²) in [5.74, 6) is -0.256. The van der Waals surface area contributed by atoms with Crippen LogP contribution in [0.4, 0.5) is 4.39 Å². The molecule has 0 bridgehead atoms. The zero-order valence-electron chi connectivity index (χ0n) is 11.1. The number of rotatable bonds is 4. The van der Waals surface area contributed by atoms with E-state index in [2.05, 4.69) is 10.2 Å². The van der Waals surface area contributed by atoms with Gasteiger partial charge in [-0.25, -0.2) is 4.39 Å². The summed E-state index contributed by atoms with van der Waals surface area (Å²) in [5.41, 5.74) is 1.08. The molecule has 19 heavy (non-hydrogen) atoms. The minimum Gasteiger partial charge on any atom is -0.374 e. The molecule has 1 atom stereocenters. The van der Waals surface area contributed by atoms with Crippen LogP contribution in [0.25, 0.3) is 0 Å². The minimum absolute atomic E-state index is 0.0260. The molecule has 0 saturated carbocycles. The molecule has 0 radical (unpaired) electrons. The molecule has 0 aliphatic carbocycles. The molecular formula is C14H19FN2O2. The van der Waals surface area contributed by atoms with Gasteiger partial charge < -0.3 is 10.1 Å². The number of carbonyl (C=O) groups is 1. The van der Waals surface area contributed by atoms with Gasteiger partial charge in [0.2, 0.25) is 5.91 Å². The van der Waals surface area contributed by atoms with Crippen LogP contribution >= 0.6 is 0 Å². The second kappa shape index (κ2) is 6.63.